The van der Waals surface area contributed by atoms with E-state index in [0.29, 0.717) is 17.5 Å². The van der Waals surface area contributed by atoms with E-state index in [2.05, 4.69) is 41.7 Å². The summed E-state index contributed by atoms with van der Waals surface area (Å²) < 4.78 is 14.6. The topological polar surface area (TPSA) is 62.7 Å². The number of hydrogen-bond donors (Lipinski definition) is 2. The van der Waals surface area contributed by atoms with Crippen LogP contribution in [0.2, 0.25) is 0 Å². The summed E-state index contributed by atoms with van der Waals surface area (Å²) in [6, 6.07) is 13.9. The molecule has 1 aromatic heterocycles. The standard InChI is InChI=1S/C15H11BrFN5/c16-10-4-3-5-11(8-10)19-15-21-14(9-18-22-15)20-13-7-2-1-6-12(13)17/h1-9H,(H2,19,20,21,22). The van der Waals surface area contributed by atoms with Crippen molar-refractivity contribution in [1.82, 2.24) is 15.2 Å². The van der Waals surface area contributed by atoms with E-state index in [1.165, 1.54) is 12.3 Å². The minimum Gasteiger partial charge on any atom is -0.336 e. The van der Waals surface area contributed by atoms with Gasteiger partial charge in [0.05, 0.1) is 11.9 Å². The number of nitrogens with zero attached hydrogens (tertiary/aromatic N) is 3. The Morgan fingerprint density at radius 2 is 1.86 bits per heavy atom. The molecule has 0 bridgehead atoms. The first kappa shape index (κ1) is 14.4. The molecule has 0 fully saturated rings. The van der Waals surface area contributed by atoms with E-state index < -0.39 is 0 Å². The minimum absolute atomic E-state index is 0.319. The van der Waals surface area contributed by atoms with Crippen LogP contribution in [0.25, 0.3) is 0 Å². The molecular weight excluding hydrogens is 349 g/mol. The van der Waals surface area contributed by atoms with Crippen LogP contribution in [0.5, 0.6) is 0 Å². The number of hydrogen-bond acceptors (Lipinski definition) is 5. The molecule has 110 valence electrons. The van der Waals surface area contributed by atoms with Gasteiger partial charge in [0.1, 0.15) is 5.82 Å². The summed E-state index contributed by atoms with van der Waals surface area (Å²) in [6.07, 6.45) is 1.43. The molecule has 0 atom stereocenters. The molecule has 5 nitrogen and oxygen atoms in total. The Balaban J connectivity index is 1.79. The fourth-order valence-corrected chi connectivity index (χ4v) is 2.21. The van der Waals surface area contributed by atoms with Crippen LogP contribution in [0.4, 0.5) is 27.5 Å². The molecule has 0 saturated carbocycles. The summed E-state index contributed by atoms with van der Waals surface area (Å²) in [4.78, 5) is 4.26. The molecule has 0 aliphatic heterocycles. The van der Waals surface area contributed by atoms with Gasteiger partial charge in [-0.2, -0.15) is 10.1 Å². The highest BCUT2D eigenvalue weighted by atomic mass is 79.9. The van der Waals surface area contributed by atoms with Crippen molar-refractivity contribution in [2.45, 2.75) is 0 Å². The van der Waals surface area contributed by atoms with Crippen molar-refractivity contribution in [2.24, 2.45) is 0 Å². The molecule has 0 amide bonds. The van der Waals surface area contributed by atoms with Gasteiger partial charge in [-0.25, -0.2) is 4.39 Å². The highest BCUT2D eigenvalue weighted by Gasteiger charge is 2.05. The number of anilines is 4. The summed E-state index contributed by atoms with van der Waals surface area (Å²) in [5.74, 6) is 0.361. The first-order valence-corrected chi connectivity index (χ1v) is 7.24. The molecule has 0 aliphatic rings. The Morgan fingerprint density at radius 1 is 1.00 bits per heavy atom. The lowest BCUT2D eigenvalue weighted by molar-refractivity contribution is 0.632. The number of nitrogens with one attached hydrogen (secondary N) is 2. The van der Waals surface area contributed by atoms with Crippen molar-refractivity contribution in [3.63, 3.8) is 0 Å². The normalized spacial score (nSPS) is 10.3. The highest BCUT2D eigenvalue weighted by Crippen LogP contribution is 2.20. The van der Waals surface area contributed by atoms with Gasteiger partial charge in [0.15, 0.2) is 5.82 Å². The number of aromatic nitrogens is 3. The van der Waals surface area contributed by atoms with Gasteiger partial charge in [-0.3, -0.25) is 0 Å². The molecule has 0 aliphatic carbocycles. The summed E-state index contributed by atoms with van der Waals surface area (Å²) in [6.45, 7) is 0. The molecule has 22 heavy (non-hydrogen) atoms. The molecule has 0 unspecified atom stereocenters. The molecule has 3 rings (SSSR count). The highest BCUT2D eigenvalue weighted by molar-refractivity contribution is 9.10. The largest absolute Gasteiger partial charge is 0.336 e. The van der Waals surface area contributed by atoms with Crippen LogP contribution >= 0.6 is 15.9 Å². The fraction of sp³-hybridized carbons (Fsp3) is 0. The first-order chi connectivity index (χ1) is 10.7. The second-order valence-corrected chi connectivity index (χ2v) is 5.32. The van der Waals surface area contributed by atoms with Crippen LogP contribution in [0.1, 0.15) is 0 Å². The van der Waals surface area contributed by atoms with Crippen LogP contribution in [0.15, 0.2) is 59.2 Å². The van der Waals surface area contributed by atoms with Gasteiger partial charge in [0.2, 0.25) is 5.95 Å². The molecule has 1 heterocycles. The van der Waals surface area contributed by atoms with Gasteiger partial charge >= 0.3 is 0 Å². The van der Waals surface area contributed by atoms with E-state index >= 15 is 0 Å². The van der Waals surface area contributed by atoms with E-state index in [4.69, 9.17) is 0 Å². The zero-order chi connectivity index (χ0) is 15.4. The second kappa shape index (κ2) is 6.48. The van der Waals surface area contributed by atoms with Crippen molar-refractivity contribution < 1.29 is 4.39 Å². The molecule has 2 N–H and O–H groups in total. The van der Waals surface area contributed by atoms with Gasteiger partial charge in [-0.15, -0.1) is 5.10 Å². The number of benzene rings is 2. The predicted molar refractivity (Wildman–Crippen MR) is 86.9 cm³/mol. The van der Waals surface area contributed by atoms with Crippen LogP contribution in [-0.4, -0.2) is 15.2 Å². The quantitative estimate of drug-likeness (QED) is 0.728. The lowest BCUT2D eigenvalue weighted by Gasteiger charge is -2.08. The zero-order valence-corrected chi connectivity index (χ0v) is 12.9. The van der Waals surface area contributed by atoms with Crippen molar-refractivity contribution in [3.05, 3.63) is 65.0 Å². The third-order valence-corrected chi connectivity index (χ3v) is 3.27. The van der Waals surface area contributed by atoms with Crippen LogP contribution in [0, 0.1) is 5.82 Å². The fourth-order valence-electron chi connectivity index (χ4n) is 1.81. The van der Waals surface area contributed by atoms with Crippen LogP contribution < -0.4 is 10.6 Å². The SMILES string of the molecule is Fc1ccccc1Nc1cnnc(Nc2cccc(Br)c2)n1. The van der Waals surface area contributed by atoms with E-state index in [-0.39, 0.29) is 5.82 Å². The summed E-state index contributed by atoms with van der Waals surface area (Å²) in [5, 5.41) is 13.7. The smallest absolute Gasteiger partial charge is 0.249 e. The van der Waals surface area contributed by atoms with Crippen molar-refractivity contribution in [2.75, 3.05) is 10.6 Å². The van der Waals surface area contributed by atoms with E-state index in [1.54, 1.807) is 18.2 Å². The van der Waals surface area contributed by atoms with Crippen molar-refractivity contribution in [3.8, 4) is 0 Å². The van der Waals surface area contributed by atoms with E-state index in [1.807, 2.05) is 24.3 Å². The van der Waals surface area contributed by atoms with Crippen molar-refractivity contribution in [1.29, 1.82) is 0 Å². The third-order valence-electron chi connectivity index (χ3n) is 2.78. The lowest BCUT2D eigenvalue weighted by atomic mass is 10.3. The van der Waals surface area contributed by atoms with Gasteiger partial charge in [-0.05, 0) is 30.3 Å². The lowest BCUT2D eigenvalue weighted by Crippen LogP contribution is -2.03. The predicted octanol–water partition coefficient (Wildman–Crippen LogP) is 4.26. The maximum Gasteiger partial charge on any atom is 0.249 e. The monoisotopic (exact) mass is 359 g/mol. The Kier molecular flexibility index (Phi) is 4.24. The average molecular weight is 360 g/mol. The Bertz CT molecular complexity index is 796. The number of rotatable bonds is 4. The van der Waals surface area contributed by atoms with Gasteiger partial charge in [-0.1, -0.05) is 34.1 Å². The summed E-state index contributed by atoms with van der Waals surface area (Å²) in [7, 11) is 0. The van der Waals surface area contributed by atoms with Gasteiger partial charge in [0, 0.05) is 10.2 Å². The molecule has 0 radical (unpaired) electrons. The van der Waals surface area contributed by atoms with Crippen LogP contribution in [0.3, 0.4) is 0 Å². The molecule has 7 heteroatoms. The molecule has 3 aromatic rings. The summed E-state index contributed by atoms with van der Waals surface area (Å²) in [5.41, 5.74) is 1.15. The Hall–Kier alpha value is -2.54. The average Bonchev–Trinajstić information content (AvgIpc) is 2.50. The Labute approximate surface area is 134 Å². The van der Waals surface area contributed by atoms with Gasteiger partial charge < -0.3 is 10.6 Å². The Morgan fingerprint density at radius 3 is 2.68 bits per heavy atom. The van der Waals surface area contributed by atoms with Crippen LogP contribution in [-0.2, 0) is 0 Å². The number of halogens is 2. The maximum atomic E-state index is 13.6. The summed E-state index contributed by atoms with van der Waals surface area (Å²) >= 11 is 3.39. The minimum atomic E-state index is -0.359. The van der Waals surface area contributed by atoms with E-state index in [9.17, 15) is 4.39 Å². The molecular formula is C15H11BrFN5. The zero-order valence-electron chi connectivity index (χ0n) is 11.3. The van der Waals surface area contributed by atoms with Crippen molar-refractivity contribution >= 4 is 39.1 Å². The first-order valence-electron chi connectivity index (χ1n) is 6.44. The molecule has 0 saturated heterocycles. The maximum absolute atomic E-state index is 13.6. The molecule has 0 spiro atoms. The van der Waals surface area contributed by atoms with Gasteiger partial charge in [0.25, 0.3) is 0 Å². The number of para-hydroxylation sites is 1. The third kappa shape index (κ3) is 3.56. The second-order valence-electron chi connectivity index (χ2n) is 4.41. The van der Waals surface area contributed by atoms with E-state index in [0.717, 1.165) is 10.2 Å². The molecule has 2 aromatic carbocycles.